The average molecular weight is 400 g/mol. The molecular weight excluding hydrogens is 384 g/mol. The Morgan fingerprint density at radius 3 is 2.70 bits per heavy atom. The van der Waals surface area contributed by atoms with Gasteiger partial charge >= 0.3 is 0 Å². The number of benzene rings is 1. The highest BCUT2D eigenvalue weighted by Crippen LogP contribution is 2.26. The van der Waals surface area contributed by atoms with Crippen LogP contribution in [-0.4, -0.2) is 11.1 Å². The van der Waals surface area contributed by atoms with E-state index in [1.165, 1.54) is 5.56 Å². The number of halogens is 2. The highest BCUT2D eigenvalue weighted by Gasteiger charge is 2.06. The van der Waals surface area contributed by atoms with Gasteiger partial charge in [-0.3, -0.25) is 0 Å². The van der Waals surface area contributed by atoms with E-state index in [4.69, 9.17) is 4.74 Å². The van der Waals surface area contributed by atoms with Crippen LogP contribution in [0.1, 0.15) is 19.4 Å². The first-order valence-electron chi connectivity index (χ1n) is 6.35. The lowest BCUT2D eigenvalue weighted by atomic mass is 10.2. The molecule has 0 spiro atoms. The van der Waals surface area contributed by atoms with Crippen molar-refractivity contribution in [3.8, 4) is 5.88 Å². The Kier molecular flexibility index (Phi) is 5.43. The van der Waals surface area contributed by atoms with Gasteiger partial charge in [-0.2, -0.15) is 0 Å². The lowest BCUT2D eigenvalue weighted by molar-refractivity contribution is 0.234. The average Bonchev–Trinajstić information content (AvgIpc) is 2.41. The Morgan fingerprint density at radius 2 is 2.00 bits per heavy atom. The molecule has 0 bridgehead atoms. The lowest BCUT2D eigenvalue weighted by Crippen LogP contribution is -2.10. The third-order valence-corrected chi connectivity index (χ3v) is 4.47. The molecule has 1 N–H and O–H groups in total. The first-order chi connectivity index (χ1) is 9.56. The number of hydrogen-bond donors (Lipinski definition) is 1. The minimum absolute atomic E-state index is 0.104. The minimum atomic E-state index is 0.104. The molecule has 106 valence electrons. The summed E-state index contributed by atoms with van der Waals surface area (Å²) in [6, 6.07) is 10.0. The van der Waals surface area contributed by atoms with Gasteiger partial charge in [0.15, 0.2) is 0 Å². The summed E-state index contributed by atoms with van der Waals surface area (Å²) in [6.07, 6.45) is 1.84. The van der Waals surface area contributed by atoms with Crippen LogP contribution in [0.15, 0.2) is 45.5 Å². The largest absolute Gasteiger partial charge is 0.473 e. The normalized spacial score (nSPS) is 10.7. The van der Waals surface area contributed by atoms with E-state index < -0.39 is 0 Å². The van der Waals surface area contributed by atoms with Crippen molar-refractivity contribution in [2.75, 3.05) is 5.32 Å². The number of anilines is 1. The predicted molar refractivity (Wildman–Crippen MR) is 89.2 cm³/mol. The Balaban J connectivity index is 2.08. The van der Waals surface area contributed by atoms with Crippen LogP contribution in [0.3, 0.4) is 0 Å². The van der Waals surface area contributed by atoms with E-state index in [0.29, 0.717) is 12.4 Å². The van der Waals surface area contributed by atoms with Crippen LogP contribution < -0.4 is 10.1 Å². The van der Waals surface area contributed by atoms with E-state index >= 15 is 0 Å². The van der Waals surface area contributed by atoms with E-state index in [1.807, 2.05) is 32.0 Å². The first-order valence-corrected chi connectivity index (χ1v) is 7.94. The van der Waals surface area contributed by atoms with Crippen LogP contribution in [0.25, 0.3) is 0 Å². The van der Waals surface area contributed by atoms with Crippen molar-refractivity contribution in [2.45, 2.75) is 26.5 Å². The van der Waals surface area contributed by atoms with E-state index in [0.717, 1.165) is 14.6 Å². The van der Waals surface area contributed by atoms with E-state index in [-0.39, 0.29) is 6.10 Å². The van der Waals surface area contributed by atoms with Gasteiger partial charge in [-0.15, -0.1) is 0 Å². The van der Waals surface area contributed by atoms with Gasteiger partial charge in [0, 0.05) is 21.7 Å². The van der Waals surface area contributed by atoms with Crippen molar-refractivity contribution in [3.05, 3.63) is 51.0 Å². The van der Waals surface area contributed by atoms with Crippen LogP contribution in [-0.2, 0) is 6.54 Å². The number of hydrogen-bond acceptors (Lipinski definition) is 3. The predicted octanol–water partition coefficient (Wildman–Crippen LogP) is 5.01. The maximum Gasteiger partial charge on any atom is 0.237 e. The first kappa shape index (κ1) is 15.3. The molecule has 0 fully saturated rings. The minimum Gasteiger partial charge on any atom is -0.473 e. The maximum atomic E-state index is 5.69. The molecule has 20 heavy (non-hydrogen) atoms. The summed E-state index contributed by atoms with van der Waals surface area (Å²) in [4.78, 5) is 4.26. The van der Waals surface area contributed by atoms with Crippen molar-refractivity contribution in [1.82, 2.24) is 4.98 Å². The summed E-state index contributed by atoms with van der Waals surface area (Å²) >= 11 is 6.97. The molecule has 1 aromatic carbocycles. The molecule has 0 atom stereocenters. The fraction of sp³-hybridized carbons (Fsp3) is 0.267. The number of nitrogens with one attached hydrogen (secondary N) is 1. The summed E-state index contributed by atoms with van der Waals surface area (Å²) in [5.74, 6) is 0.638. The van der Waals surface area contributed by atoms with Crippen LogP contribution >= 0.6 is 31.9 Å². The number of nitrogens with zero attached hydrogens (tertiary/aromatic N) is 1. The molecule has 0 unspecified atom stereocenters. The van der Waals surface area contributed by atoms with Gasteiger partial charge in [0.25, 0.3) is 0 Å². The fourth-order valence-electron chi connectivity index (χ4n) is 1.69. The Morgan fingerprint density at radius 1 is 1.20 bits per heavy atom. The van der Waals surface area contributed by atoms with E-state index in [2.05, 4.69) is 54.3 Å². The van der Waals surface area contributed by atoms with Crippen molar-refractivity contribution in [2.24, 2.45) is 0 Å². The summed E-state index contributed by atoms with van der Waals surface area (Å²) in [7, 11) is 0. The molecule has 2 aromatic rings. The molecule has 0 saturated carbocycles. The zero-order chi connectivity index (χ0) is 14.5. The van der Waals surface area contributed by atoms with Gasteiger partial charge in [-0.05, 0) is 75.5 Å². The van der Waals surface area contributed by atoms with Crippen LogP contribution in [0.4, 0.5) is 5.69 Å². The van der Waals surface area contributed by atoms with Crippen molar-refractivity contribution >= 4 is 37.5 Å². The van der Waals surface area contributed by atoms with E-state index in [9.17, 15) is 0 Å². The highest BCUT2D eigenvalue weighted by molar-refractivity contribution is 9.13. The quantitative estimate of drug-likeness (QED) is 0.767. The number of aromatic nitrogens is 1. The molecule has 0 aliphatic heterocycles. The second-order valence-electron chi connectivity index (χ2n) is 4.62. The molecule has 3 nitrogen and oxygen atoms in total. The molecule has 0 amide bonds. The van der Waals surface area contributed by atoms with Crippen LogP contribution in [0, 0.1) is 0 Å². The lowest BCUT2D eigenvalue weighted by Gasteiger charge is -2.14. The summed E-state index contributed by atoms with van der Waals surface area (Å²) in [5.41, 5.74) is 2.08. The molecule has 0 aliphatic carbocycles. The molecule has 5 heteroatoms. The molecule has 0 aliphatic rings. The van der Waals surface area contributed by atoms with Crippen molar-refractivity contribution in [1.29, 1.82) is 0 Å². The zero-order valence-electron chi connectivity index (χ0n) is 11.4. The number of ether oxygens (including phenoxy) is 1. The van der Waals surface area contributed by atoms with Crippen molar-refractivity contribution < 1.29 is 4.74 Å². The van der Waals surface area contributed by atoms with Gasteiger partial charge < -0.3 is 10.1 Å². The summed E-state index contributed by atoms with van der Waals surface area (Å²) in [6.45, 7) is 4.70. The Hall–Kier alpha value is -1.07. The zero-order valence-corrected chi connectivity index (χ0v) is 14.5. The van der Waals surface area contributed by atoms with Crippen LogP contribution in [0.5, 0.6) is 5.88 Å². The smallest absolute Gasteiger partial charge is 0.237 e. The standard InChI is InChI=1S/C15H16Br2N2O/c1-10(2)20-15-14(4-3-7-18-15)19-9-11-5-6-12(16)13(17)8-11/h3-8,10,19H,9H2,1-2H3. The Labute approximate surface area is 136 Å². The summed E-state index contributed by atoms with van der Waals surface area (Å²) < 4.78 is 7.78. The fourth-order valence-corrected chi connectivity index (χ4v) is 2.36. The monoisotopic (exact) mass is 398 g/mol. The topological polar surface area (TPSA) is 34.1 Å². The SMILES string of the molecule is CC(C)Oc1ncccc1NCc1ccc(Br)c(Br)c1. The summed E-state index contributed by atoms with van der Waals surface area (Å²) in [5, 5.41) is 3.36. The molecule has 2 rings (SSSR count). The van der Waals surface area contributed by atoms with Gasteiger partial charge in [0.1, 0.15) is 0 Å². The second-order valence-corrected chi connectivity index (χ2v) is 6.33. The molecule has 0 radical (unpaired) electrons. The molecular formula is C15H16Br2N2O. The molecule has 0 saturated heterocycles. The van der Waals surface area contributed by atoms with Crippen LogP contribution in [0.2, 0.25) is 0 Å². The Bertz CT molecular complexity index is 588. The maximum absolute atomic E-state index is 5.69. The number of pyridine rings is 1. The van der Waals surface area contributed by atoms with E-state index in [1.54, 1.807) is 6.20 Å². The van der Waals surface area contributed by atoms with Gasteiger partial charge in [-0.25, -0.2) is 4.98 Å². The molecule has 1 aromatic heterocycles. The number of rotatable bonds is 5. The van der Waals surface area contributed by atoms with Gasteiger partial charge in [-0.1, -0.05) is 6.07 Å². The third-order valence-electron chi connectivity index (χ3n) is 2.59. The van der Waals surface area contributed by atoms with Gasteiger partial charge in [0.2, 0.25) is 5.88 Å². The van der Waals surface area contributed by atoms with Gasteiger partial charge in [0.05, 0.1) is 11.8 Å². The second kappa shape index (κ2) is 7.09. The third kappa shape index (κ3) is 4.21. The van der Waals surface area contributed by atoms with Crippen molar-refractivity contribution in [3.63, 3.8) is 0 Å². The molecule has 1 heterocycles. The highest BCUT2D eigenvalue weighted by atomic mass is 79.9.